The van der Waals surface area contributed by atoms with Crippen LogP contribution < -0.4 is 10.1 Å². The summed E-state index contributed by atoms with van der Waals surface area (Å²) >= 11 is 0. The molecule has 0 radical (unpaired) electrons. The molecule has 0 saturated heterocycles. The van der Waals surface area contributed by atoms with Crippen LogP contribution in [0.2, 0.25) is 0 Å². The molecule has 2 aliphatic carbocycles. The van der Waals surface area contributed by atoms with Gasteiger partial charge in [0.15, 0.2) is 0 Å². The zero-order valence-electron chi connectivity index (χ0n) is 11.8. The van der Waals surface area contributed by atoms with Crippen molar-refractivity contribution in [1.82, 2.24) is 10.3 Å². The van der Waals surface area contributed by atoms with Gasteiger partial charge in [0.1, 0.15) is 6.10 Å². The first-order chi connectivity index (χ1) is 9.31. The summed E-state index contributed by atoms with van der Waals surface area (Å²) in [5.41, 5.74) is 1.20. The van der Waals surface area contributed by atoms with Crippen LogP contribution >= 0.6 is 0 Å². The maximum absolute atomic E-state index is 6.16. The van der Waals surface area contributed by atoms with Gasteiger partial charge in [-0.25, -0.2) is 4.98 Å². The molecule has 3 heteroatoms. The number of ether oxygens (including phenoxy) is 1. The predicted octanol–water partition coefficient (Wildman–Crippen LogP) is 3.29. The Kier molecular flexibility index (Phi) is 4.02. The molecule has 2 saturated carbocycles. The normalized spacial score (nSPS) is 27.2. The lowest BCUT2D eigenvalue weighted by molar-refractivity contribution is 0.122. The Labute approximate surface area is 115 Å². The third kappa shape index (κ3) is 3.69. The molecule has 1 aromatic heterocycles. The Balaban J connectivity index is 1.61. The van der Waals surface area contributed by atoms with Crippen molar-refractivity contribution < 1.29 is 4.74 Å². The van der Waals surface area contributed by atoms with E-state index in [1.807, 2.05) is 12.3 Å². The van der Waals surface area contributed by atoms with Crippen LogP contribution in [-0.4, -0.2) is 17.1 Å². The van der Waals surface area contributed by atoms with Gasteiger partial charge in [-0.05, 0) is 44.1 Å². The molecule has 2 fully saturated rings. The molecule has 2 atom stereocenters. The number of hydrogen-bond acceptors (Lipinski definition) is 3. The van der Waals surface area contributed by atoms with E-state index in [4.69, 9.17) is 4.74 Å². The zero-order valence-corrected chi connectivity index (χ0v) is 11.8. The summed E-state index contributed by atoms with van der Waals surface area (Å²) in [5, 5.41) is 3.54. The fourth-order valence-electron chi connectivity index (χ4n) is 2.85. The van der Waals surface area contributed by atoms with Gasteiger partial charge in [0.05, 0.1) is 0 Å². The summed E-state index contributed by atoms with van der Waals surface area (Å²) < 4.78 is 6.16. The van der Waals surface area contributed by atoms with Gasteiger partial charge in [0.2, 0.25) is 5.88 Å². The van der Waals surface area contributed by atoms with Gasteiger partial charge in [-0.3, -0.25) is 0 Å². The molecule has 19 heavy (non-hydrogen) atoms. The second-order valence-corrected chi connectivity index (χ2v) is 6.13. The van der Waals surface area contributed by atoms with E-state index in [2.05, 4.69) is 23.3 Å². The molecule has 3 rings (SSSR count). The van der Waals surface area contributed by atoms with Crippen LogP contribution in [0.25, 0.3) is 0 Å². The summed E-state index contributed by atoms with van der Waals surface area (Å²) in [7, 11) is 0. The van der Waals surface area contributed by atoms with Crippen molar-refractivity contribution in [1.29, 1.82) is 0 Å². The smallest absolute Gasteiger partial charge is 0.218 e. The Hall–Kier alpha value is -1.09. The van der Waals surface area contributed by atoms with E-state index in [9.17, 15) is 0 Å². The van der Waals surface area contributed by atoms with E-state index in [0.29, 0.717) is 6.10 Å². The third-order valence-corrected chi connectivity index (χ3v) is 4.18. The maximum Gasteiger partial charge on any atom is 0.218 e. The molecule has 0 amide bonds. The first kappa shape index (κ1) is 12.9. The van der Waals surface area contributed by atoms with E-state index in [-0.39, 0.29) is 0 Å². The minimum absolute atomic E-state index is 0.360. The van der Waals surface area contributed by atoms with Gasteiger partial charge in [-0.2, -0.15) is 0 Å². The lowest BCUT2D eigenvalue weighted by atomic mass is 9.89. The molecular weight excluding hydrogens is 236 g/mol. The standard InChI is InChI=1S/C16H24N2O/c1-12-4-2-6-15(10-12)19-16-13(5-3-9-17-16)11-18-14-7-8-14/h3,5,9,12,14-15,18H,2,4,6-8,10-11H2,1H3. The lowest BCUT2D eigenvalue weighted by Crippen LogP contribution is -2.25. The first-order valence-corrected chi connectivity index (χ1v) is 7.65. The summed E-state index contributed by atoms with van der Waals surface area (Å²) in [6.07, 6.45) is 9.81. The molecule has 1 N–H and O–H groups in total. The van der Waals surface area contributed by atoms with E-state index in [1.54, 1.807) is 0 Å². The number of nitrogens with zero attached hydrogens (tertiary/aromatic N) is 1. The zero-order chi connectivity index (χ0) is 13.1. The highest BCUT2D eigenvalue weighted by Gasteiger charge is 2.23. The maximum atomic E-state index is 6.16. The highest BCUT2D eigenvalue weighted by molar-refractivity contribution is 5.25. The van der Waals surface area contributed by atoms with Crippen LogP contribution in [0.1, 0.15) is 51.0 Å². The second kappa shape index (κ2) is 5.91. The predicted molar refractivity (Wildman–Crippen MR) is 76.1 cm³/mol. The van der Waals surface area contributed by atoms with Gasteiger partial charge in [0, 0.05) is 24.3 Å². The molecule has 1 heterocycles. The Morgan fingerprint density at radius 1 is 1.32 bits per heavy atom. The fraction of sp³-hybridized carbons (Fsp3) is 0.688. The van der Waals surface area contributed by atoms with Crippen LogP contribution in [0.3, 0.4) is 0 Å². The van der Waals surface area contributed by atoms with E-state index in [1.165, 1.54) is 44.1 Å². The van der Waals surface area contributed by atoms with Crippen molar-refractivity contribution in [3.63, 3.8) is 0 Å². The first-order valence-electron chi connectivity index (χ1n) is 7.65. The Bertz CT molecular complexity index is 417. The minimum Gasteiger partial charge on any atom is -0.474 e. The molecule has 0 bridgehead atoms. The number of hydrogen-bond donors (Lipinski definition) is 1. The molecule has 104 valence electrons. The average molecular weight is 260 g/mol. The summed E-state index contributed by atoms with van der Waals surface area (Å²) in [6.45, 7) is 3.21. The second-order valence-electron chi connectivity index (χ2n) is 6.13. The molecule has 0 aromatic carbocycles. The van der Waals surface area contributed by atoms with Crippen LogP contribution in [-0.2, 0) is 6.54 Å². The largest absolute Gasteiger partial charge is 0.474 e. The summed E-state index contributed by atoms with van der Waals surface area (Å²) in [5.74, 6) is 1.63. The van der Waals surface area contributed by atoms with Crippen molar-refractivity contribution in [2.45, 2.75) is 64.1 Å². The van der Waals surface area contributed by atoms with Gasteiger partial charge in [0.25, 0.3) is 0 Å². The molecule has 3 nitrogen and oxygen atoms in total. The SMILES string of the molecule is CC1CCCC(Oc2ncccc2CNC2CC2)C1. The summed E-state index contributed by atoms with van der Waals surface area (Å²) in [6, 6.07) is 4.85. The molecule has 0 spiro atoms. The monoisotopic (exact) mass is 260 g/mol. The van der Waals surface area contributed by atoms with Gasteiger partial charge >= 0.3 is 0 Å². The van der Waals surface area contributed by atoms with Crippen molar-refractivity contribution in [3.8, 4) is 5.88 Å². The topological polar surface area (TPSA) is 34.1 Å². The van der Waals surface area contributed by atoms with Crippen molar-refractivity contribution in [2.75, 3.05) is 0 Å². The third-order valence-electron chi connectivity index (χ3n) is 4.18. The minimum atomic E-state index is 0.360. The van der Waals surface area contributed by atoms with Crippen LogP contribution in [0, 0.1) is 5.92 Å². The van der Waals surface area contributed by atoms with Crippen LogP contribution in [0.4, 0.5) is 0 Å². The van der Waals surface area contributed by atoms with E-state index in [0.717, 1.165) is 24.4 Å². The average Bonchev–Trinajstić information content (AvgIpc) is 3.22. The molecule has 2 unspecified atom stereocenters. The number of pyridine rings is 1. The number of nitrogens with one attached hydrogen (secondary N) is 1. The fourth-order valence-corrected chi connectivity index (χ4v) is 2.85. The molecule has 2 aliphatic rings. The Morgan fingerprint density at radius 2 is 2.21 bits per heavy atom. The molecule has 0 aliphatic heterocycles. The van der Waals surface area contributed by atoms with E-state index >= 15 is 0 Å². The number of rotatable bonds is 5. The highest BCUT2D eigenvalue weighted by atomic mass is 16.5. The quantitative estimate of drug-likeness (QED) is 0.882. The lowest BCUT2D eigenvalue weighted by Gasteiger charge is -2.27. The van der Waals surface area contributed by atoms with Gasteiger partial charge in [-0.1, -0.05) is 19.4 Å². The van der Waals surface area contributed by atoms with Crippen molar-refractivity contribution >= 4 is 0 Å². The van der Waals surface area contributed by atoms with Crippen molar-refractivity contribution in [2.24, 2.45) is 5.92 Å². The van der Waals surface area contributed by atoms with Crippen molar-refractivity contribution in [3.05, 3.63) is 23.9 Å². The van der Waals surface area contributed by atoms with Crippen LogP contribution in [0.5, 0.6) is 5.88 Å². The van der Waals surface area contributed by atoms with Crippen LogP contribution in [0.15, 0.2) is 18.3 Å². The molecular formula is C16H24N2O. The summed E-state index contributed by atoms with van der Waals surface area (Å²) in [4.78, 5) is 4.43. The van der Waals surface area contributed by atoms with Gasteiger partial charge in [-0.15, -0.1) is 0 Å². The molecule has 1 aromatic rings. The van der Waals surface area contributed by atoms with E-state index < -0.39 is 0 Å². The van der Waals surface area contributed by atoms with Gasteiger partial charge < -0.3 is 10.1 Å². The Morgan fingerprint density at radius 3 is 3.00 bits per heavy atom. The highest BCUT2D eigenvalue weighted by Crippen LogP contribution is 2.28. The number of aromatic nitrogens is 1.